The van der Waals surface area contributed by atoms with Gasteiger partial charge >= 0.3 is 6.09 Å². The molecule has 15 heteroatoms. The summed E-state index contributed by atoms with van der Waals surface area (Å²) in [5.74, 6) is -1.95. The molecule has 3 aromatic carbocycles. The predicted molar refractivity (Wildman–Crippen MR) is 175 cm³/mol. The maximum Gasteiger partial charge on any atom is 0.405 e. The van der Waals surface area contributed by atoms with Gasteiger partial charge in [0.2, 0.25) is 0 Å². The second kappa shape index (κ2) is 14.0. The van der Waals surface area contributed by atoms with E-state index in [1.54, 1.807) is 53.1 Å². The maximum absolute atomic E-state index is 14.3. The van der Waals surface area contributed by atoms with E-state index in [2.05, 4.69) is 10.1 Å². The van der Waals surface area contributed by atoms with Crippen LogP contribution < -0.4 is 20.5 Å². The number of hydrogen-bond donors (Lipinski definition) is 3. The monoisotopic (exact) mass is 676 g/mol. The number of amides is 1. The number of carbonyl (C=O) groups is 1. The zero-order chi connectivity index (χ0) is 33.9. The van der Waals surface area contributed by atoms with E-state index in [4.69, 9.17) is 32.5 Å². The number of carbonyl (C=O) groups excluding carboxylic acids is 1. The molecule has 3 atom stereocenters. The normalized spacial score (nSPS) is 14.2. The van der Waals surface area contributed by atoms with E-state index in [-0.39, 0.29) is 34.5 Å². The van der Waals surface area contributed by atoms with Crippen molar-refractivity contribution >= 4 is 57.2 Å². The molecule has 0 aliphatic heterocycles. The summed E-state index contributed by atoms with van der Waals surface area (Å²) in [4.78, 5) is 16.6. The summed E-state index contributed by atoms with van der Waals surface area (Å²) in [7, 11) is 3.16. The van der Waals surface area contributed by atoms with Crippen LogP contribution in [0.1, 0.15) is 37.8 Å². The lowest BCUT2D eigenvalue weighted by Gasteiger charge is -2.36. The van der Waals surface area contributed by atoms with Gasteiger partial charge in [-0.05, 0) is 59.4 Å². The predicted octanol–water partition coefficient (Wildman–Crippen LogP) is 5.98. The van der Waals surface area contributed by atoms with Gasteiger partial charge in [0.25, 0.3) is 11.3 Å². The summed E-state index contributed by atoms with van der Waals surface area (Å²) < 4.78 is 64.7. The van der Waals surface area contributed by atoms with Crippen LogP contribution in [0.5, 0.6) is 5.75 Å². The molecular formula is C31H35ClF2N6O5S. The molecule has 1 amide bonds. The van der Waals surface area contributed by atoms with Crippen molar-refractivity contribution in [3.8, 4) is 5.75 Å². The molecule has 0 spiro atoms. The van der Waals surface area contributed by atoms with Gasteiger partial charge in [-0.1, -0.05) is 44.5 Å². The number of benzene rings is 3. The quantitative estimate of drug-likeness (QED) is 0.100. The molecule has 1 heterocycles. The maximum atomic E-state index is 14.3. The van der Waals surface area contributed by atoms with E-state index < -0.39 is 46.4 Å². The van der Waals surface area contributed by atoms with Gasteiger partial charge in [0.05, 0.1) is 28.7 Å². The Hall–Kier alpha value is -4.27. The van der Waals surface area contributed by atoms with Gasteiger partial charge in [0, 0.05) is 25.6 Å². The molecule has 246 valence electrons. The van der Waals surface area contributed by atoms with Crippen LogP contribution in [-0.2, 0) is 29.5 Å². The van der Waals surface area contributed by atoms with E-state index in [1.807, 2.05) is 12.1 Å². The summed E-state index contributed by atoms with van der Waals surface area (Å²) in [6, 6.07) is 13.4. The van der Waals surface area contributed by atoms with Gasteiger partial charge < -0.3 is 20.9 Å². The Morgan fingerprint density at radius 3 is 2.30 bits per heavy atom. The number of halogens is 3. The number of nitrogens with zero attached hydrogens (tertiary/aromatic N) is 4. The first kappa shape index (κ1) is 34.6. The Balaban J connectivity index is 1.80. The molecule has 0 aliphatic carbocycles. The zero-order valence-corrected chi connectivity index (χ0v) is 27.4. The number of methoxy groups -OCH3 is 1. The number of aromatic nitrogens is 2. The smallest absolute Gasteiger partial charge is 0.405 e. The third kappa shape index (κ3) is 7.74. The van der Waals surface area contributed by atoms with Crippen LogP contribution in [0.2, 0.25) is 5.02 Å². The summed E-state index contributed by atoms with van der Waals surface area (Å²) in [6.07, 6.45) is -2.11. The van der Waals surface area contributed by atoms with Crippen LogP contribution in [0.3, 0.4) is 0 Å². The molecule has 0 radical (unpaired) electrons. The summed E-state index contributed by atoms with van der Waals surface area (Å²) in [5, 5.41) is 5.05. The van der Waals surface area contributed by atoms with E-state index in [0.29, 0.717) is 23.1 Å². The SMILES string of the molecule is COc1ccc(CCN(c2nn(C)c3c(N=C(N)C(OC(N)=O)C(c4cc(F)cc(F)c4)C(C)(C)C)ccc(Cl)c23)S(=O)O)cc1. The van der Waals surface area contributed by atoms with Crippen LogP contribution in [0.4, 0.5) is 25.1 Å². The lowest BCUT2D eigenvalue weighted by Crippen LogP contribution is -2.44. The molecule has 46 heavy (non-hydrogen) atoms. The molecule has 3 unspecified atom stereocenters. The number of fused-ring (bicyclic) bond motifs is 1. The fourth-order valence-electron chi connectivity index (χ4n) is 5.39. The first-order chi connectivity index (χ1) is 21.6. The Labute approximate surface area is 272 Å². The minimum Gasteiger partial charge on any atom is -0.497 e. The van der Waals surface area contributed by atoms with Crippen LogP contribution in [0.25, 0.3) is 10.9 Å². The largest absolute Gasteiger partial charge is 0.497 e. The van der Waals surface area contributed by atoms with Crippen LogP contribution in [0, 0.1) is 17.0 Å². The number of aliphatic imine (C=N–C) groups is 1. The van der Waals surface area contributed by atoms with Crippen molar-refractivity contribution in [3.05, 3.63) is 82.4 Å². The highest BCUT2D eigenvalue weighted by molar-refractivity contribution is 7.80. The second-order valence-corrected chi connectivity index (χ2v) is 12.9. The Morgan fingerprint density at radius 1 is 1.13 bits per heavy atom. The molecule has 1 aromatic heterocycles. The highest BCUT2D eigenvalue weighted by Gasteiger charge is 2.39. The Morgan fingerprint density at radius 2 is 1.76 bits per heavy atom. The van der Waals surface area contributed by atoms with E-state index in [1.165, 1.54) is 15.1 Å². The van der Waals surface area contributed by atoms with Crippen molar-refractivity contribution in [2.75, 3.05) is 18.0 Å². The standard InChI is InChI=1S/C31H35ClF2N6O5S/c1-31(2,3)25(18-14-19(33)16-20(34)15-18)27(45-30(36)41)28(35)37-23-11-10-22(32)24-26(23)39(4)38-29(24)40(46(42)43)13-12-17-6-8-21(44-5)9-7-17/h6-11,14-16,25,27H,12-13H2,1-5H3,(H2,35,37)(H2,36,41)(H,42,43). The fraction of sp³-hybridized carbons (Fsp3) is 0.323. The lowest BCUT2D eigenvalue weighted by molar-refractivity contribution is 0.0952. The first-order valence-corrected chi connectivity index (χ1v) is 15.5. The van der Waals surface area contributed by atoms with Crippen molar-refractivity contribution < 1.29 is 31.8 Å². The molecule has 4 rings (SSSR count). The summed E-state index contributed by atoms with van der Waals surface area (Å²) in [6.45, 7) is 5.47. The van der Waals surface area contributed by atoms with Crippen LogP contribution >= 0.6 is 11.6 Å². The minimum absolute atomic E-state index is 0.111. The van der Waals surface area contributed by atoms with E-state index in [9.17, 15) is 22.3 Å². The number of rotatable bonds is 11. The van der Waals surface area contributed by atoms with Crippen LogP contribution in [-0.4, -0.2) is 50.2 Å². The molecule has 0 fully saturated rings. The first-order valence-electron chi connectivity index (χ1n) is 14.0. The van der Waals surface area contributed by atoms with Crippen molar-refractivity contribution in [3.63, 3.8) is 0 Å². The number of ether oxygens (including phenoxy) is 2. The highest BCUT2D eigenvalue weighted by atomic mass is 35.5. The Bertz CT molecular complexity index is 1770. The van der Waals surface area contributed by atoms with Crippen LogP contribution in [0.15, 0.2) is 59.6 Å². The number of anilines is 1. The van der Waals surface area contributed by atoms with E-state index >= 15 is 0 Å². The minimum atomic E-state index is -2.48. The second-order valence-electron chi connectivity index (χ2n) is 11.6. The third-order valence-corrected chi connectivity index (χ3v) is 8.40. The van der Waals surface area contributed by atoms with Gasteiger partial charge in [-0.15, -0.1) is 0 Å². The van der Waals surface area contributed by atoms with Crippen molar-refractivity contribution in [2.45, 2.75) is 39.2 Å². The van der Waals surface area contributed by atoms with E-state index in [0.717, 1.165) is 23.8 Å². The number of aryl methyl sites for hydroxylation is 1. The average Bonchev–Trinajstić information content (AvgIpc) is 3.30. The highest BCUT2D eigenvalue weighted by Crippen LogP contribution is 2.42. The van der Waals surface area contributed by atoms with Gasteiger partial charge in [0.1, 0.15) is 23.2 Å². The number of primary amides is 1. The van der Waals surface area contributed by atoms with Crippen molar-refractivity contribution in [2.24, 2.45) is 28.9 Å². The third-order valence-electron chi connectivity index (χ3n) is 7.35. The van der Waals surface area contributed by atoms with Crippen molar-refractivity contribution in [1.29, 1.82) is 0 Å². The van der Waals surface area contributed by atoms with Gasteiger partial charge in [-0.25, -0.2) is 22.8 Å². The molecule has 0 saturated heterocycles. The molecule has 4 aromatic rings. The molecule has 11 nitrogen and oxygen atoms in total. The number of hydrogen-bond acceptors (Lipinski definition) is 6. The number of amidine groups is 1. The lowest BCUT2D eigenvalue weighted by atomic mass is 9.72. The zero-order valence-electron chi connectivity index (χ0n) is 25.8. The fourth-order valence-corrected chi connectivity index (χ4v) is 6.15. The van der Waals surface area contributed by atoms with Gasteiger partial charge in [-0.3, -0.25) is 13.5 Å². The average molecular weight is 677 g/mol. The summed E-state index contributed by atoms with van der Waals surface area (Å²) in [5.41, 5.74) is 12.8. The number of nitrogens with two attached hydrogens (primary N) is 2. The molecule has 5 N–H and O–H groups in total. The topological polar surface area (TPSA) is 158 Å². The molecule has 0 aliphatic rings. The molecular weight excluding hydrogens is 642 g/mol. The molecule has 0 saturated carbocycles. The molecule has 0 bridgehead atoms. The summed E-state index contributed by atoms with van der Waals surface area (Å²) >= 11 is 4.15. The van der Waals surface area contributed by atoms with Crippen molar-refractivity contribution in [1.82, 2.24) is 9.78 Å². The Kier molecular flexibility index (Phi) is 10.5. The van der Waals surface area contributed by atoms with Gasteiger partial charge in [0.15, 0.2) is 11.9 Å². The van der Waals surface area contributed by atoms with Gasteiger partial charge in [-0.2, -0.15) is 5.10 Å².